The van der Waals surface area contributed by atoms with Crippen LogP contribution in [-0.4, -0.2) is 96.7 Å². The second kappa shape index (κ2) is 64.1. The molecule has 0 spiro atoms. The molecular weight excluding hydrogens is 1200 g/mol. The molecule has 0 fully saturated rings. The van der Waals surface area contributed by atoms with Gasteiger partial charge in [-0.05, 0) is 37.5 Å². The van der Waals surface area contributed by atoms with Crippen molar-refractivity contribution in [1.82, 2.24) is 0 Å². The number of ether oxygens (including phenoxy) is 4. The molecule has 0 aliphatic rings. The lowest BCUT2D eigenvalue weighted by Gasteiger charge is -2.21. The van der Waals surface area contributed by atoms with Crippen LogP contribution in [-0.2, 0) is 65.4 Å². The second-order valence-electron chi connectivity index (χ2n) is 26.7. The first-order valence-corrected chi connectivity index (χ1v) is 40.5. The van der Waals surface area contributed by atoms with E-state index < -0.39 is 97.5 Å². The zero-order chi connectivity index (χ0) is 67.2. The van der Waals surface area contributed by atoms with Gasteiger partial charge in [-0.1, -0.05) is 318 Å². The number of rotatable bonds is 71. The van der Waals surface area contributed by atoms with Gasteiger partial charge in [-0.15, -0.1) is 0 Å². The minimum absolute atomic E-state index is 0.106. The number of phosphoric acid groups is 2. The van der Waals surface area contributed by atoms with E-state index in [4.69, 9.17) is 37.0 Å². The largest absolute Gasteiger partial charge is 0.472 e. The zero-order valence-electron chi connectivity index (χ0n) is 59.1. The molecule has 17 nitrogen and oxygen atoms in total. The van der Waals surface area contributed by atoms with Crippen molar-refractivity contribution in [2.45, 2.75) is 387 Å². The Bertz CT molecular complexity index is 1770. The lowest BCUT2D eigenvalue weighted by molar-refractivity contribution is -0.161. The Morgan fingerprint density at radius 1 is 0.319 bits per heavy atom. The monoisotopic (exact) mass is 1340 g/mol. The highest BCUT2D eigenvalue weighted by atomic mass is 31.2. The van der Waals surface area contributed by atoms with E-state index in [1.54, 1.807) is 0 Å². The first kappa shape index (κ1) is 89.1. The standard InChI is InChI=1S/C72H140O17P2/c1-7-10-12-14-16-18-20-22-30-36-42-48-54-69(74)82-60-67(88-71(76)56-50-44-38-32-23-21-19-17-15-13-11-8-2)62-86-90(78,79)84-58-66(73)59-85-91(80,81)87-63-68(61-83-70(75)55-49-43-37-31-26-24-28-34-40-46-52-64(4)5)89-72(77)57-51-45-39-33-27-25-29-35-41-47-53-65(6)9-3/h64-68,73H,7-63H2,1-6H3,(H,78,79)(H,80,81)/t65?,66-,67+,68+/m0/s1. The molecule has 0 saturated heterocycles. The van der Waals surface area contributed by atoms with Crippen LogP contribution in [0.15, 0.2) is 0 Å². The van der Waals surface area contributed by atoms with Gasteiger partial charge in [0.2, 0.25) is 0 Å². The maximum atomic E-state index is 13.0. The molecule has 0 aromatic rings. The molecule has 0 aromatic heterocycles. The number of carbonyl (C=O) groups excluding carboxylic acids is 4. The highest BCUT2D eigenvalue weighted by Crippen LogP contribution is 2.45. The van der Waals surface area contributed by atoms with Crippen molar-refractivity contribution < 1.29 is 80.2 Å². The first-order valence-electron chi connectivity index (χ1n) is 37.5. The average molecular weight is 1340 g/mol. The third kappa shape index (κ3) is 65.1. The maximum absolute atomic E-state index is 13.0. The predicted molar refractivity (Wildman–Crippen MR) is 368 cm³/mol. The fraction of sp³-hybridized carbons (Fsp3) is 0.944. The van der Waals surface area contributed by atoms with Gasteiger partial charge in [0.15, 0.2) is 12.2 Å². The van der Waals surface area contributed by atoms with Crippen LogP contribution in [0.2, 0.25) is 0 Å². The van der Waals surface area contributed by atoms with E-state index >= 15 is 0 Å². The van der Waals surface area contributed by atoms with Crippen LogP contribution in [0, 0.1) is 11.8 Å². The zero-order valence-corrected chi connectivity index (χ0v) is 60.9. The van der Waals surface area contributed by atoms with Crippen molar-refractivity contribution in [2.75, 3.05) is 39.6 Å². The van der Waals surface area contributed by atoms with E-state index in [0.29, 0.717) is 25.7 Å². The van der Waals surface area contributed by atoms with Crippen molar-refractivity contribution in [3.63, 3.8) is 0 Å². The Labute approximate surface area is 556 Å². The van der Waals surface area contributed by atoms with Gasteiger partial charge in [0.25, 0.3) is 0 Å². The lowest BCUT2D eigenvalue weighted by Crippen LogP contribution is -2.30. The minimum Gasteiger partial charge on any atom is -0.462 e. The average Bonchev–Trinajstić information content (AvgIpc) is 2.95. The second-order valence-corrected chi connectivity index (χ2v) is 29.6. The molecule has 0 aliphatic heterocycles. The summed E-state index contributed by atoms with van der Waals surface area (Å²) in [7, 11) is -9.90. The molecule has 0 amide bonds. The topological polar surface area (TPSA) is 237 Å². The van der Waals surface area contributed by atoms with Crippen LogP contribution < -0.4 is 0 Å². The van der Waals surface area contributed by atoms with Gasteiger partial charge in [-0.2, -0.15) is 0 Å². The first-order chi connectivity index (χ1) is 43.9. The lowest BCUT2D eigenvalue weighted by atomic mass is 9.99. The summed E-state index contributed by atoms with van der Waals surface area (Å²) in [6.07, 6.45) is 49.7. The van der Waals surface area contributed by atoms with Crippen LogP contribution in [0.4, 0.5) is 0 Å². The van der Waals surface area contributed by atoms with E-state index in [9.17, 15) is 43.2 Å². The van der Waals surface area contributed by atoms with Crippen LogP contribution >= 0.6 is 15.6 Å². The normalized spacial score (nSPS) is 14.4. The van der Waals surface area contributed by atoms with Gasteiger partial charge in [0.1, 0.15) is 19.3 Å². The van der Waals surface area contributed by atoms with Crippen molar-refractivity contribution in [2.24, 2.45) is 11.8 Å². The van der Waals surface area contributed by atoms with E-state index in [-0.39, 0.29) is 25.7 Å². The summed E-state index contributed by atoms with van der Waals surface area (Å²) in [4.78, 5) is 72.7. The van der Waals surface area contributed by atoms with Crippen LogP contribution in [0.1, 0.15) is 369 Å². The fourth-order valence-electron chi connectivity index (χ4n) is 10.9. The van der Waals surface area contributed by atoms with E-state index in [0.717, 1.165) is 102 Å². The Morgan fingerprint density at radius 3 is 0.835 bits per heavy atom. The third-order valence-corrected chi connectivity index (χ3v) is 19.0. The van der Waals surface area contributed by atoms with Crippen LogP contribution in [0.25, 0.3) is 0 Å². The van der Waals surface area contributed by atoms with E-state index in [1.807, 2.05) is 0 Å². The Balaban J connectivity index is 5.27. The molecular formula is C72H140O17P2. The van der Waals surface area contributed by atoms with Gasteiger partial charge < -0.3 is 33.8 Å². The predicted octanol–water partition coefficient (Wildman–Crippen LogP) is 20.8. The number of esters is 4. The molecule has 6 atom stereocenters. The molecule has 540 valence electrons. The van der Waals surface area contributed by atoms with E-state index in [1.165, 1.54) is 186 Å². The van der Waals surface area contributed by atoms with Crippen molar-refractivity contribution in [3.8, 4) is 0 Å². The number of hydrogen-bond acceptors (Lipinski definition) is 15. The van der Waals surface area contributed by atoms with Crippen molar-refractivity contribution >= 4 is 39.5 Å². The summed E-state index contributed by atoms with van der Waals surface area (Å²) in [6.45, 7) is 9.59. The van der Waals surface area contributed by atoms with Gasteiger partial charge >= 0.3 is 39.5 Å². The van der Waals surface area contributed by atoms with Gasteiger partial charge in [0, 0.05) is 25.7 Å². The van der Waals surface area contributed by atoms with Gasteiger partial charge in [0.05, 0.1) is 26.4 Å². The quantitative estimate of drug-likeness (QED) is 0.0222. The molecule has 0 saturated carbocycles. The Kier molecular flexibility index (Phi) is 62.7. The van der Waals surface area contributed by atoms with Crippen molar-refractivity contribution in [1.29, 1.82) is 0 Å². The summed E-state index contributed by atoms with van der Waals surface area (Å²) in [6, 6.07) is 0. The number of aliphatic hydroxyl groups excluding tert-OH is 1. The number of phosphoric ester groups is 2. The smallest absolute Gasteiger partial charge is 0.462 e. The van der Waals surface area contributed by atoms with Crippen molar-refractivity contribution in [3.05, 3.63) is 0 Å². The van der Waals surface area contributed by atoms with E-state index in [2.05, 4.69) is 41.5 Å². The minimum atomic E-state index is -4.95. The molecule has 0 bridgehead atoms. The number of carbonyl (C=O) groups is 4. The SMILES string of the molecule is CCCCCCCCCCCCCCC(=O)OC[C@H](COP(=O)(O)OC[C@H](O)COP(=O)(O)OC[C@@H](COC(=O)CCCCCCCCCCCCC(C)C)OC(=O)CCCCCCCCCCCCC(C)CC)OC(=O)CCCCCCCCCCCCCC. The molecule has 0 heterocycles. The number of unbranched alkanes of at least 4 members (excludes halogenated alkanes) is 40. The number of aliphatic hydroxyl groups is 1. The summed E-state index contributed by atoms with van der Waals surface area (Å²) in [5, 5.41) is 10.6. The van der Waals surface area contributed by atoms with Gasteiger partial charge in [-0.3, -0.25) is 37.3 Å². The molecule has 0 radical (unpaired) electrons. The Hall–Kier alpha value is -1.94. The highest BCUT2D eigenvalue weighted by Gasteiger charge is 2.30. The highest BCUT2D eigenvalue weighted by molar-refractivity contribution is 7.47. The molecule has 3 unspecified atom stereocenters. The molecule has 91 heavy (non-hydrogen) atoms. The summed E-state index contributed by atoms with van der Waals surface area (Å²) in [5.74, 6) is -0.557. The van der Waals surface area contributed by atoms with Gasteiger partial charge in [-0.25, -0.2) is 9.13 Å². The molecule has 19 heteroatoms. The maximum Gasteiger partial charge on any atom is 0.472 e. The molecule has 0 rings (SSSR count). The summed E-state index contributed by atoms with van der Waals surface area (Å²) >= 11 is 0. The Morgan fingerprint density at radius 2 is 0.560 bits per heavy atom. The third-order valence-electron chi connectivity index (χ3n) is 17.1. The molecule has 0 aliphatic carbocycles. The fourth-order valence-corrected chi connectivity index (χ4v) is 12.5. The van der Waals surface area contributed by atoms with Crippen LogP contribution in [0.3, 0.4) is 0 Å². The summed E-state index contributed by atoms with van der Waals surface area (Å²) < 4.78 is 68.4. The molecule has 3 N–H and O–H groups in total. The number of hydrogen-bond donors (Lipinski definition) is 3. The van der Waals surface area contributed by atoms with Crippen LogP contribution in [0.5, 0.6) is 0 Å². The molecule has 0 aromatic carbocycles. The summed E-state index contributed by atoms with van der Waals surface area (Å²) in [5.41, 5.74) is 0.